The monoisotopic (exact) mass is 333 g/mol. The normalized spacial score (nSPS) is 18.0. The van der Waals surface area contributed by atoms with Crippen LogP contribution in [0.4, 0.5) is 19.3 Å². The first-order valence-electron chi connectivity index (χ1n) is 6.71. The highest BCUT2D eigenvalue weighted by atomic mass is 32.2. The second-order valence-corrected chi connectivity index (χ2v) is 6.90. The number of urea groups is 1. The fraction of sp³-hybridized carbons (Fsp3) is 0.462. The summed E-state index contributed by atoms with van der Waals surface area (Å²) in [6.45, 7) is -0.0688. The van der Waals surface area contributed by atoms with Gasteiger partial charge in [0.2, 0.25) is 10.0 Å². The first-order chi connectivity index (χ1) is 10.2. The SMILES string of the molecule is CNS(=O)(=O)c1cccc(NC(=O)N2CCC(F)(F)CC2)c1. The van der Waals surface area contributed by atoms with Gasteiger partial charge >= 0.3 is 6.03 Å². The number of benzene rings is 1. The van der Waals surface area contributed by atoms with E-state index in [9.17, 15) is 22.0 Å². The highest BCUT2D eigenvalue weighted by Crippen LogP contribution is 2.28. The van der Waals surface area contributed by atoms with Gasteiger partial charge in [0.05, 0.1) is 4.90 Å². The van der Waals surface area contributed by atoms with Crippen LogP contribution in [0.2, 0.25) is 0 Å². The lowest BCUT2D eigenvalue weighted by Crippen LogP contribution is -2.44. The zero-order valence-corrected chi connectivity index (χ0v) is 12.8. The average molecular weight is 333 g/mol. The zero-order valence-electron chi connectivity index (χ0n) is 12.0. The minimum absolute atomic E-state index is 0.0120. The summed E-state index contributed by atoms with van der Waals surface area (Å²) in [5.74, 6) is -2.72. The third-order valence-electron chi connectivity index (χ3n) is 3.45. The lowest BCUT2D eigenvalue weighted by Gasteiger charge is -2.31. The van der Waals surface area contributed by atoms with Crippen LogP contribution < -0.4 is 10.0 Å². The molecule has 22 heavy (non-hydrogen) atoms. The van der Waals surface area contributed by atoms with E-state index in [2.05, 4.69) is 10.0 Å². The second kappa shape index (κ2) is 6.17. The number of alkyl halides is 2. The highest BCUT2D eigenvalue weighted by molar-refractivity contribution is 7.89. The van der Waals surface area contributed by atoms with Crippen molar-refractivity contribution < 1.29 is 22.0 Å². The Hall–Kier alpha value is -1.74. The van der Waals surface area contributed by atoms with Crippen LogP contribution in [0, 0.1) is 0 Å². The van der Waals surface area contributed by atoms with Crippen molar-refractivity contribution in [2.45, 2.75) is 23.7 Å². The summed E-state index contributed by atoms with van der Waals surface area (Å²) in [5, 5.41) is 2.53. The summed E-state index contributed by atoms with van der Waals surface area (Å²) >= 11 is 0. The number of piperidine rings is 1. The number of sulfonamides is 1. The molecule has 0 saturated carbocycles. The van der Waals surface area contributed by atoms with Gasteiger partial charge in [-0.3, -0.25) is 0 Å². The van der Waals surface area contributed by atoms with E-state index < -0.39 is 22.0 Å². The maximum atomic E-state index is 13.1. The van der Waals surface area contributed by atoms with Crippen molar-refractivity contribution in [2.75, 3.05) is 25.5 Å². The molecule has 1 aliphatic rings. The average Bonchev–Trinajstić information content (AvgIpc) is 2.47. The molecule has 0 bridgehead atoms. The van der Waals surface area contributed by atoms with E-state index in [-0.39, 0.29) is 30.8 Å². The number of anilines is 1. The van der Waals surface area contributed by atoms with E-state index in [0.29, 0.717) is 5.69 Å². The molecule has 0 unspecified atom stereocenters. The van der Waals surface area contributed by atoms with Crippen LogP contribution in [0.15, 0.2) is 29.2 Å². The third kappa shape index (κ3) is 3.92. The van der Waals surface area contributed by atoms with Crippen molar-refractivity contribution in [1.29, 1.82) is 0 Å². The summed E-state index contributed by atoms with van der Waals surface area (Å²) in [4.78, 5) is 13.3. The summed E-state index contributed by atoms with van der Waals surface area (Å²) < 4.78 is 51.7. The lowest BCUT2D eigenvalue weighted by atomic mass is 10.1. The molecule has 0 aliphatic carbocycles. The van der Waals surface area contributed by atoms with E-state index >= 15 is 0 Å². The molecule has 2 rings (SSSR count). The molecule has 0 aromatic heterocycles. The number of hydrogen-bond donors (Lipinski definition) is 2. The summed E-state index contributed by atoms with van der Waals surface area (Å²) in [6.07, 6.45) is -0.733. The molecular weight excluding hydrogens is 316 g/mol. The van der Waals surface area contributed by atoms with Gasteiger partial charge in [-0.15, -0.1) is 0 Å². The third-order valence-corrected chi connectivity index (χ3v) is 4.86. The Balaban J connectivity index is 2.05. The van der Waals surface area contributed by atoms with Crippen molar-refractivity contribution >= 4 is 21.7 Å². The molecule has 6 nitrogen and oxygen atoms in total. The van der Waals surface area contributed by atoms with E-state index in [1.54, 1.807) is 0 Å². The number of nitrogens with one attached hydrogen (secondary N) is 2. The van der Waals surface area contributed by atoms with Crippen LogP contribution in [0.25, 0.3) is 0 Å². The number of carbonyl (C=O) groups is 1. The molecule has 2 N–H and O–H groups in total. The molecule has 1 aromatic rings. The molecule has 0 atom stereocenters. The number of carbonyl (C=O) groups excluding carboxylic acids is 1. The molecule has 2 amide bonds. The smallest absolute Gasteiger partial charge is 0.321 e. The fourth-order valence-electron chi connectivity index (χ4n) is 2.10. The maximum absolute atomic E-state index is 13.1. The van der Waals surface area contributed by atoms with Crippen molar-refractivity contribution in [1.82, 2.24) is 9.62 Å². The first kappa shape index (κ1) is 16.6. The van der Waals surface area contributed by atoms with Crippen LogP contribution in [0.5, 0.6) is 0 Å². The molecule has 1 heterocycles. The lowest BCUT2D eigenvalue weighted by molar-refractivity contribution is -0.0461. The minimum atomic E-state index is -3.61. The van der Waals surface area contributed by atoms with Crippen molar-refractivity contribution in [3.05, 3.63) is 24.3 Å². The number of nitrogens with zero attached hydrogens (tertiary/aromatic N) is 1. The zero-order chi connectivity index (χ0) is 16.4. The van der Waals surface area contributed by atoms with Crippen LogP contribution >= 0.6 is 0 Å². The largest absolute Gasteiger partial charge is 0.324 e. The Morgan fingerprint density at radius 1 is 1.27 bits per heavy atom. The summed E-state index contributed by atoms with van der Waals surface area (Å²) in [6, 6.07) is 5.20. The van der Waals surface area contributed by atoms with Crippen LogP contribution in [0.1, 0.15) is 12.8 Å². The Bertz CT molecular complexity index is 654. The molecule has 9 heteroatoms. The van der Waals surface area contributed by atoms with Gasteiger partial charge in [0.1, 0.15) is 0 Å². The van der Waals surface area contributed by atoms with Crippen LogP contribution in [-0.2, 0) is 10.0 Å². The molecule has 0 radical (unpaired) electrons. The molecule has 122 valence electrons. The number of hydrogen-bond acceptors (Lipinski definition) is 3. The van der Waals surface area contributed by atoms with E-state index in [0.717, 1.165) is 0 Å². The predicted molar refractivity (Wildman–Crippen MR) is 77.5 cm³/mol. The van der Waals surface area contributed by atoms with Gasteiger partial charge in [0.25, 0.3) is 5.92 Å². The van der Waals surface area contributed by atoms with Gasteiger partial charge < -0.3 is 10.2 Å². The van der Waals surface area contributed by atoms with Crippen molar-refractivity contribution in [3.63, 3.8) is 0 Å². The predicted octanol–water partition coefficient (Wildman–Crippen LogP) is 1.86. The van der Waals surface area contributed by atoms with Gasteiger partial charge in [-0.05, 0) is 25.2 Å². The van der Waals surface area contributed by atoms with E-state index in [1.807, 2.05) is 0 Å². The minimum Gasteiger partial charge on any atom is -0.324 e. The van der Waals surface area contributed by atoms with Gasteiger partial charge in [0, 0.05) is 31.6 Å². The quantitative estimate of drug-likeness (QED) is 0.886. The molecule has 0 spiro atoms. The van der Waals surface area contributed by atoms with Crippen LogP contribution in [0.3, 0.4) is 0 Å². The van der Waals surface area contributed by atoms with Gasteiger partial charge in [-0.1, -0.05) is 6.07 Å². The Kier molecular flexibility index (Phi) is 4.66. The topological polar surface area (TPSA) is 78.5 Å². The van der Waals surface area contributed by atoms with Gasteiger partial charge in [-0.25, -0.2) is 26.7 Å². The van der Waals surface area contributed by atoms with Crippen LogP contribution in [-0.4, -0.2) is 45.4 Å². The first-order valence-corrected chi connectivity index (χ1v) is 8.19. The molecule has 1 fully saturated rings. The Morgan fingerprint density at radius 2 is 1.91 bits per heavy atom. The number of rotatable bonds is 3. The van der Waals surface area contributed by atoms with Crippen molar-refractivity contribution in [3.8, 4) is 0 Å². The van der Waals surface area contributed by atoms with Gasteiger partial charge in [-0.2, -0.15) is 0 Å². The molecule has 1 aromatic carbocycles. The Labute approximate surface area is 127 Å². The summed E-state index contributed by atoms with van der Waals surface area (Å²) in [5.41, 5.74) is 0.290. The van der Waals surface area contributed by atoms with E-state index in [1.165, 1.54) is 36.2 Å². The second-order valence-electron chi connectivity index (χ2n) is 5.01. The highest BCUT2D eigenvalue weighted by Gasteiger charge is 2.35. The summed E-state index contributed by atoms with van der Waals surface area (Å²) in [7, 11) is -2.32. The molecular formula is C13H17F2N3O3S. The van der Waals surface area contributed by atoms with E-state index in [4.69, 9.17) is 0 Å². The van der Waals surface area contributed by atoms with Gasteiger partial charge in [0.15, 0.2) is 0 Å². The molecule has 1 saturated heterocycles. The number of amides is 2. The maximum Gasteiger partial charge on any atom is 0.321 e. The number of halogens is 2. The van der Waals surface area contributed by atoms with Crippen molar-refractivity contribution in [2.24, 2.45) is 0 Å². The molecule has 1 aliphatic heterocycles. The number of likely N-dealkylation sites (tertiary alicyclic amines) is 1. The fourth-order valence-corrected chi connectivity index (χ4v) is 2.87. The standard InChI is InChI=1S/C13H17F2N3O3S/c1-16-22(20,21)11-4-2-3-10(9-11)17-12(19)18-7-5-13(14,15)6-8-18/h2-4,9,16H,5-8H2,1H3,(H,17,19). The Morgan fingerprint density at radius 3 is 2.50 bits per heavy atom.